The van der Waals surface area contributed by atoms with Crippen molar-refractivity contribution < 1.29 is 19.1 Å². The summed E-state index contributed by atoms with van der Waals surface area (Å²) in [4.78, 5) is 35.4. The number of allylic oxidation sites excluding steroid dienone is 1. The Kier molecular flexibility index (Phi) is 10.7. The minimum absolute atomic E-state index is 0.0791. The smallest absolute Gasteiger partial charge is 0.405 e. The molecule has 8 nitrogen and oxygen atoms in total. The van der Waals surface area contributed by atoms with Gasteiger partial charge < -0.3 is 21.1 Å². The van der Waals surface area contributed by atoms with Gasteiger partial charge in [-0.05, 0) is 37.7 Å². The maximum absolute atomic E-state index is 12.4. The second-order valence-electron chi connectivity index (χ2n) is 7.32. The lowest BCUT2D eigenvalue weighted by molar-refractivity contribution is -0.130. The molecule has 1 aromatic rings. The molecular weight excluding hydrogens is 384 g/mol. The van der Waals surface area contributed by atoms with Crippen LogP contribution < -0.4 is 16.4 Å². The Bertz CT molecular complexity index is 794. The molecule has 30 heavy (non-hydrogen) atoms. The van der Waals surface area contributed by atoms with Crippen LogP contribution in [0.4, 0.5) is 4.79 Å². The molecule has 0 fully saturated rings. The molecule has 0 unspecified atom stereocenters. The quantitative estimate of drug-likeness (QED) is 0.290. The molecule has 1 atom stereocenters. The summed E-state index contributed by atoms with van der Waals surface area (Å²) < 4.78 is 4.93. The number of nitrogens with two attached hydrogens (primary N) is 1. The largest absolute Gasteiger partial charge is 0.436 e. The van der Waals surface area contributed by atoms with Crippen LogP contribution in [0.5, 0.6) is 0 Å². The van der Waals surface area contributed by atoms with E-state index in [1.54, 1.807) is 6.08 Å². The molecule has 0 aliphatic heterocycles. The molecule has 8 heteroatoms. The highest BCUT2D eigenvalue weighted by molar-refractivity contribution is 5.97. The highest BCUT2D eigenvalue weighted by Crippen LogP contribution is 2.08. The van der Waals surface area contributed by atoms with Crippen molar-refractivity contribution in [2.24, 2.45) is 11.7 Å². The van der Waals surface area contributed by atoms with E-state index in [2.05, 4.69) is 10.6 Å². The van der Waals surface area contributed by atoms with Crippen LogP contribution in [0.1, 0.15) is 44.2 Å². The zero-order valence-corrected chi connectivity index (χ0v) is 17.7. The number of benzene rings is 1. The van der Waals surface area contributed by atoms with Crippen LogP contribution >= 0.6 is 0 Å². The van der Waals surface area contributed by atoms with Crippen LogP contribution in [0, 0.1) is 24.2 Å². The van der Waals surface area contributed by atoms with Crippen LogP contribution in [0.2, 0.25) is 0 Å². The van der Waals surface area contributed by atoms with Crippen molar-refractivity contribution in [3.8, 4) is 6.07 Å². The molecule has 4 N–H and O–H groups in total. The Morgan fingerprint density at radius 2 is 1.83 bits per heavy atom. The molecule has 0 bridgehead atoms. The maximum Gasteiger partial charge on any atom is 0.405 e. The number of rotatable bonds is 11. The van der Waals surface area contributed by atoms with E-state index in [0.717, 1.165) is 11.1 Å². The van der Waals surface area contributed by atoms with Gasteiger partial charge in [0.05, 0.1) is 0 Å². The highest BCUT2D eigenvalue weighted by Gasteiger charge is 2.21. The van der Waals surface area contributed by atoms with Crippen molar-refractivity contribution in [1.82, 2.24) is 10.6 Å². The Balaban J connectivity index is 2.45. The number of amides is 3. The van der Waals surface area contributed by atoms with Gasteiger partial charge in [0.1, 0.15) is 11.6 Å². The number of nitrogens with one attached hydrogen (secondary N) is 2. The van der Waals surface area contributed by atoms with E-state index in [-0.39, 0.29) is 17.9 Å². The summed E-state index contributed by atoms with van der Waals surface area (Å²) in [5, 5.41) is 14.4. The first-order chi connectivity index (χ1) is 14.2. The molecule has 1 aromatic carbocycles. The molecule has 0 aromatic heterocycles. The van der Waals surface area contributed by atoms with Gasteiger partial charge in [-0.3, -0.25) is 9.59 Å². The number of primary amides is 1. The summed E-state index contributed by atoms with van der Waals surface area (Å²) in [7, 11) is 0. The van der Waals surface area contributed by atoms with E-state index in [4.69, 9.17) is 15.7 Å². The van der Waals surface area contributed by atoms with Crippen LogP contribution in [0.15, 0.2) is 35.9 Å². The number of aryl methyl sites for hydroxylation is 1. The van der Waals surface area contributed by atoms with Crippen molar-refractivity contribution in [2.45, 2.75) is 52.7 Å². The van der Waals surface area contributed by atoms with Crippen LogP contribution in [0.3, 0.4) is 0 Å². The molecule has 0 radical (unpaired) electrons. The Hall–Kier alpha value is -3.34. The molecule has 0 saturated carbocycles. The van der Waals surface area contributed by atoms with E-state index in [9.17, 15) is 14.4 Å². The molecular formula is C22H30N4O4. The first kappa shape index (κ1) is 24.7. The van der Waals surface area contributed by atoms with Gasteiger partial charge in [0.25, 0.3) is 11.8 Å². The SMILES string of the molecule is Cc1ccc(CNC(=O)[C@H](CCCCNC(=O)C(C#N)=CC(C)C)OC(N)=O)cc1. The number of ether oxygens (including phenoxy) is 1. The third-order valence-corrected chi connectivity index (χ3v) is 4.18. The fourth-order valence-corrected chi connectivity index (χ4v) is 2.64. The Morgan fingerprint density at radius 3 is 2.40 bits per heavy atom. The van der Waals surface area contributed by atoms with E-state index in [1.807, 2.05) is 51.1 Å². The summed E-state index contributed by atoms with van der Waals surface area (Å²) in [6.07, 6.45) is 0.924. The number of nitriles is 1. The number of carbonyl (C=O) groups is 3. The van der Waals surface area contributed by atoms with E-state index < -0.39 is 24.0 Å². The van der Waals surface area contributed by atoms with Gasteiger partial charge in [-0.25, -0.2) is 4.79 Å². The third-order valence-electron chi connectivity index (χ3n) is 4.18. The summed E-state index contributed by atoms with van der Waals surface area (Å²) in [5.41, 5.74) is 7.20. The van der Waals surface area contributed by atoms with Crippen LogP contribution in [-0.2, 0) is 20.9 Å². The average Bonchev–Trinajstić information content (AvgIpc) is 2.69. The van der Waals surface area contributed by atoms with Crippen molar-refractivity contribution in [1.29, 1.82) is 5.26 Å². The lowest BCUT2D eigenvalue weighted by Crippen LogP contribution is -2.38. The summed E-state index contributed by atoms with van der Waals surface area (Å²) >= 11 is 0. The second kappa shape index (κ2) is 13.0. The van der Waals surface area contributed by atoms with Gasteiger partial charge >= 0.3 is 6.09 Å². The minimum atomic E-state index is -1.02. The molecule has 1 rings (SSSR count). The summed E-state index contributed by atoms with van der Waals surface area (Å²) in [6.45, 7) is 6.39. The zero-order chi connectivity index (χ0) is 22.5. The predicted molar refractivity (Wildman–Crippen MR) is 113 cm³/mol. The molecule has 0 aliphatic carbocycles. The third kappa shape index (κ3) is 9.73. The number of nitrogens with zero attached hydrogens (tertiary/aromatic N) is 1. The molecule has 3 amide bonds. The maximum atomic E-state index is 12.4. The first-order valence-corrected chi connectivity index (χ1v) is 9.92. The number of unbranched alkanes of at least 4 members (excludes halogenated alkanes) is 1. The van der Waals surface area contributed by atoms with Crippen molar-refractivity contribution in [3.63, 3.8) is 0 Å². The van der Waals surface area contributed by atoms with E-state index in [0.29, 0.717) is 25.9 Å². The van der Waals surface area contributed by atoms with E-state index >= 15 is 0 Å². The van der Waals surface area contributed by atoms with Gasteiger partial charge in [0, 0.05) is 13.1 Å². The Morgan fingerprint density at radius 1 is 1.17 bits per heavy atom. The van der Waals surface area contributed by atoms with Gasteiger partial charge in [0.2, 0.25) is 0 Å². The highest BCUT2D eigenvalue weighted by atomic mass is 16.6. The average molecular weight is 415 g/mol. The van der Waals surface area contributed by atoms with Crippen molar-refractivity contribution in [2.75, 3.05) is 6.54 Å². The molecule has 0 aliphatic rings. The topological polar surface area (TPSA) is 134 Å². The lowest BCUT2D eigenvalue weighted by Gasteiger charge is -2.16. The monoisotopic (exact) mass is 414 g/mol. The molecule has 0 spiro atoms. The van der Waals surface area contributed by atoms with Gasteiger partial charge in [-0.15, -0.1) is 0 Å². The second-order valence-corrected chi connectivity index (χ2v) is 7.32. The zero-order valence-electron chi connectivity index (χ0n) is 17.7. The summed E-state index contributed by atoms with van der Waals surface area (Å²) in [5.74, 6) is -0.757. The molecule has 162 valence electrons. The molecule has 0 heterocycles. The normalized spacial score (nSPS) is 12.0. The van der Waals surface area contributed by atoms with Crippen molar-refractivity contribution in [3.05, 3.63) is 47.0 Å². The predicted octanol–water partition coefficient (Wildman–Crippen LogP) is 2.47. The standard InChI is InChI=1S/C22H30N4O4/c1-15(2)12-18(13-23)20(27)25-11-5-4-6-19(30-22(24)29)21(28)26-14-17-9-7-16(3)8-10-17/h7-10,12,15,19H,4-6,11,14H2,1-3H3,(H2,24,29)(H,25,27)(H,26,28)/t19-/m0/s1. The fourth-order valence-electron chi connectivity index (χ4n) is 2.64. The van der Waals surface area contributed by atoms with Crippen LogP contribution in [-0.4, -0.2) is 30.6 Å². The Labute approximate surface area is 177 Å². The minimum Gasteiger partial charge on any atom is -0.436 e. The molecule has 0 saturated heterocycles. The number of hydrogen-bond donors (Lipinski definition) is 3. The van der Waals surface area contributed by atoms with Gasteiger partial charge in [0.15, 0.2) is 6.10 Å². The van der Waals surface area contributed by atoms with E-state index in [1.165, 1.54) is 0 Å². The lowest BCUT2D eigenvalue weighted by atomic mass is 10.1. The first-order valence-electron chi connectivity index (χ1n) is 9.92. The summed E-state index contributed by atoms with van der Waals surface area (Å²) in [6, 6.07) is 9.59. The van der Waals surface area contributed by atoms with Crippen molar-refractivity contribution >= 4 is 17.9 Å². The fraction of sp³-hybridized carbons (Fsp3) is 0.455. The van der Waals surface area contributed by atoms with Crippen LogP contribution in [0.25, 0.3) is 0 Å². The number of carbonyl (C=O) groups excluding carboxylic acids is 3. The van der Waals surface area contributed by atoms with Gasteiger partial charge in [-0.1, -0.05) is 49.8 Å². The van der Waals surface area contributed by atoms with Gasteiger partial charge in [-0.2, -0.15) is 5.26 Å². The number of hydrogen-bond acceptors (Lipinski definition) is 5.